The van der Waals surface area contributed by atoms with Crippen LogP contribution in [0.25, 0.3) is 0 Å². The summed E-state index contributed by atoms with van der Waals surface area (Å²) in [4.78, 5) is 13.2. The standard InChI is InChI=1S/C10H20N2O2/c1-14-10(13)12(8-7-11)9-5-3-2-4-6-9/h9H,2-8,11H2,1H3. The number of amides is 1. The number of methoxy groups -OCH3 is 1. The molecule has 0 heterocycles. The summed E-state index contributed by atoms with van der Waals surface area (Å²) in [6, 6.07) is 0.347. The Morgan fingerprint density at radius 2 is 2.07 bits per heavy atom. The zero-order chi connectivity index (χ0) is 10.4. The summed E-state index contributed by atoms with van der Waals surface area (Å²) in [7, 11) is 1.43. The van der Waals surface area contributed by atoms with Crippen molar-refractivity contribution in [3.8, 4) is 0 Å². The third kappa shape index (κ3) is 2.87. The highest BCUT2D eigenvalue weighted by molar-refractivity contribution is 5.67. The Kier molecular flexibility index (Phi) is 4.73. The Morgan fingerprint density at radius 1 is 1.43 bits per heavy atom. The molecule has 1 saturated carbocycles. The van der Waals surface area contributed by atoms with E-state index < -0.39 is 0 Å². The van der Waals surface area contributed by atoms with E-state index in [4.69, 9.17) is 10.5 Å². The smallest absolute Gasteiger partial charge is 0.409 e. The van der Waals surface area contributed by atoms with E-state index in [1.807, 2.05) is 0 Å². The molecule has 1 fully saturated rings. The van der Waals surface area contributed by atoms with Gasteiger partial charge in [0.05, 0.1) is 7.11 Å². The molecule has 0 aromatic carbocycles. The van der Waals surface area contributed by atoms with Gasteiger partial charge in [0.1, 0.15) is 0 Å². The van der Waals surface area contributed by atoms with Gasteiger partial charge in [-0.15, -0.1) is 0 Å². The predicted octanol–water partition coefficient (Wildman–Crippen LogP) is 1.35. The van der Waals surface area contributed by atoms with Crippen LogP contribution in [0.4, 0.5) is 4.79 Å². The highest BCUT2D eigenvalue weighted by Gasteiger charge is 2.24. The first-order valence-electron chi connectivity index (χ1n) is 5.34. The zero-order valence-corrected chi connectivity index (χ0v) is 8.87. The van der Waals surface area contributed by atoms with Crippen LogP contribution in [0.1, 0.15) is 32.1 Å². The van der Waals surface area contributed by atoms with Crippen molar-refractivity contribution >= 4 is 6.09 Å². The summed E-state index contributed by atoms with van der Waals surface area (Å²) >= 11 is 0. The summed E-state index contributed by atoms with van der Waals surface area (Å²) < 4.78 is 4.75. The molecule has 0 spiro atoms. The minimum absolute atomic E-state index is 0.234. The lowest BCUT2D eigenvalue weighted by atomic mass is 9.94. The summed E-state index contributed by atoms with van der Waals surface area (Å²) in [5, 5.41) is 0. The maximum Gasteiger partial charge on any atom is 0.409 e. The molecule has 0 aromatic rings. The summed E-state index contributed by atoms with van der Waals surface area (Å²) in [5.41, 5.74) is 5.48. The maximum absolute atomic E-state index is 11.4. The van der Waals surface area contributed by atoms with Gasteiger partial charge in [0.2, 0.25) is 0 Å². The van der Waals surface area contributed by atoms with Crippen LogP contribution < -0.4 is 5.73 Å². The van der Waals surface area contributed by atoms with Crippen molar-refractivity contribution in [3.05, 3.63) is 0 Å². The molecule has 0 atom stereocenters. The van der Waals surface area contributed by atoms with E-state index in [2.05, 4.69) is 0 Å². The molecule has 0 saturated heterocycles. The Hall–Kier alpha value is -0.770. The molecule has 4 heteroatoms. The molecule has 14 heavy (non-hydrogen) atoms. The van der Waals surface area contributed by atoms with Gasteiger partial charge in [-0.2, -0.15) is 0 Å². The van der Waals surface area contributed by atoms with E-state index in [1.54, 1.807) is 4.90 Å². The molecule has 1 aliphatic carbocycles. The molecule has 82 valence electrons. The second-order valence-electron chi connectivity index (χ2n) is 3.74. The fourth-order valence-electron chi connectivity index (χ4n) is 2.07. The number of rotatable bonds is 3. The fraction of sp³-hybridized carbons (Fsp3) is 0.900. The molecule has 1 amide bonds. The molecule has 1 aliphatic rings. The summed E-state index contributed by atoms with van der Waals surface area (Å²) in [6.07, 6.45) is 5.66. The van der Waals surface area contributed by atoms with Gasteiger partial charge in [-0.1, -0.05) is 19.3 Å². The number of nitrogens with zero attached hydrogens (tertiary/aromatic N) is 1. The molecular weight excluding hydrogens is 180 g/mol. The number of ether oxygens (including phenoxy) is 1. The first-order valence-corrected chi connectivity index (χ1v) is 5.34. The molecule has 0 bridgehead atoms. The van der Waals surface area contributed by atoms with E-state index in [-0.39, 0.29) is 6.09 Å². The Morgan fingerprint density at radius 3 is 2.57 bits per heavy atom. The zero-order valence-electron chi connectivity index (χ0n) is 8.87. The lowest BCUT2D eigenvalue weighted by Gasteiger charge is -2.32. The van der Waals surface area contributed by atoms with Crippen LogP contribution in [0.5, 0.6) is 0 Å². The first-order chi connectivity index (χ1) is 6.79. The van der Waals surface area contributed by atoms with Gasteiger partial charge in [-0.05, 0) is 12.8 Å². The number of nitrogens with two attached hydrogens (primary N) is 1. The van der Waals surface area contributed by atoms with E-state index >= 15 is 0 Å². The van der Waals surface area contributed by atoms with Crippen molar-refractivity contribution < 1.29 is 9.53 Å². The van der Waals surface area contributed by atoms with Gasteiger partial charge >= 0.3 is 6.09 Å². The molecule has 1 rings (SSSR count). The van der Waals surface area contributed by atoms with E-state index in [0.29, 0.717) is 19.1 Å². The SMILES string of the molecule is COC(=O)N(CCN)C1CCCCC1. The monoisotopic (exact) mass is 200 g/mol. The van der Waals surface area contributed by atoms with Gasteiger partial charge in [-0.25, -0.2) is 4.79 Å². The van der Waals surface area contributed by atoms with Crippen molar-refractivity contribution in [1.82, 2.24) is 4.90 Å². The summed E-state index contributed by atoms with van der Waals surface area (Å²) in [6.45, 7) is 1.11. The molecule has 0 unspecified atom stereocenters. The lowest BCUT2D eigenvalue weighted by molar-refractivity contribution is 0.0954. The fourth-order valence-corrected chi connectivity index (χ4v) is 2.07. The maximum atomic E-state index is 11.4. The minimum atomic E-state index is -0.234. The quantitative estimate of drug-likeness (QED) is 0.748. The highest BCUT2D eigenvalue weighted by atomic mass is 16.5. The lowest BCUT2D eigenvalue weighted by Crippen LogP contribution is -2.44. The van der Waals surface area contributed by atoms with Gasteiger partial charge in [-0.3, -0.25) is 0 Å². The number of hydrogen-bond acceptors (Lipinski definition) is 3. The Balaban J connectivity index is 2.50. The van der Waals surface area contributed by atoms with Crippen LogP contribution in [0, 0.1) is 0 Å². The predicted molar refractivity (Wildman–Crippen MR) is 55.0 cm³/mol. The average Bonchev–Trinajstić information content (AvgIpc) is 2.26. The van der Waals surface area contributed by atoms with Gasteiger partial charge in [0.25, 0.3) is 0 Å². The second kappa shape index (κ2) is 5.86. The topological polar surface area (TPSA) is 55.6 Å². The van der Waals surface area contributed by atoms with Gasteiger partial charge < -0.3 is 15.4 Å². The molecule has 0 radical (unpaired) electrons. The van der Waals surface area contributed by atoms with Crippen LogP contribution in [0.2, 0.25) is 0 Å². The van der Waals surface area contributed by atoms with Crippen molar-refractivity contribution in [2.24, 2.45) is 5.73 Å². The van der Waals surface area contributed by atoms with E-state index in [0.717, 1.165) is 12.8 Å². The highest BCUT2D eigenvalue weighted by Crippen LogP contribution is 2.22. The van der Waals surface area contributed by atoms with Crippen LogP contribution in [0.3, 0.4) is 0 Å². The molecule has 4 nitrogen and oxygen atoms in total. The molecule has 0 aromatic heterocycles. The number of carbonyl (C=O) groups excluding carboxylic acids is 1. The van der Waals surface area contributed by atoms with E-state index in [1.165, 1.54) is 26.4 Å². The van der Waals surface area contributed by atoms with Crippen molar-refractivity contribution in [2.45, 2.75) is 38.1 Å². The second-order valence-corrected chi connectivity index (χ2v) is 3.74. The Bertz CT molecular complexity index is 179. The summed E-state index contributed by atoms with van der Waals surface area (Å²) in [5.74, 6) is 0. The van der Waals surface area contributed by atoms with E-state index in [9.17, 15) is 4.79 Å². The molecular formula is C10H20N2O2. The van der Waals surface area contributed by atoms with Gasteiger partial charge in [0, 0.05) is 19.1 Å². The number of hydrogen-bond donors (Lipinski definition) is 1. The van der Waals surface area contributed by atoms with Gasteiger partial charge in [0.15, 0.2) is 0 Å². The normalized spacial score (nSPS) is 17.9. The Labute approximate surface area is 85.4 Å². The van der Waals surface area contributed by atoms with Crippen LogP contribution in [0.15, 0.2) is 0 Å². The van der Waals surface area contributed by atoms with Crippen molar-refractivity contribution in [1.29, 1.82) is 0 Å². The van der Waals surface area contributed by atoms with Crippen LogP contribution >= 0.6 is 0 Å². The molecule has 2 N–H and O–H groups in total. The van der Waals surface area contributed by atoms with Crippen LogP contribution in [-0.2, 0) is 4.74 Å². The van der Waals surface area contributed by atoms with Crippen molar-refractivity contribution in [3.63, 3.8) is 0 Å². The third-order valence-corrected chi connectivity index (χ3v) is 2.79. The largest absolute Gasteiger partial charge is 0.453 e. The minimum Gasteiger partial charge on any atom is -0.453 e. The average molecular weight is 200 g/mol. The number of carbonyl (C=O) groups is 1. The van der Waals surface area contributed by atoms with Crippen molar-refractivity contribution in [2.75, 3.05) is 20.2 Å². The third-order valence-electron chi connectivity index (χ3n) is 2.79. The van der Waals surface area contributed by atoms with Crippen LogP contribution in [-0.4, -0.2) is 37.2 Å². The first kappa shape index (κ1) is 11.3. The molecule has 0 aliphatic heterocycles.